The highest BCUT2D eigenvalue weighted by atomic mass is 19.4. The van der Waals surface area contributed by atoms with Crippen molar-refractivity contribution in [2.45, 2.75) is 38.4 Å². The Bertz CT molecular complexity index is 842. The monoisotopic (exact) mass is 378 g/mol. The van der Waals surface area contributed by atoms with Gasteiger partial charge in [0.25, 0.3) is 5.91 Å². The van der Waals surface area contributed by atoms with Gasteiger partial charge in [0.2, 0.25) is 0 Å². The van der Waals surface area contributed by atoms with Crippen LogP contribution >= 0.6 is 0 Å². The van der Waals surface area contributed by atoms with E-state index in [1.807, 2.05) is 23.3 Å². The van der Waals surface area contributed by atoms with Crippen LogP contribution in [-0.2, 0) is 19.1 Å². The molecular weight excluding hydrogens is 357 g/mol. The minimum Gasteiger partial charge on any atom is -0.384 e. The number of carbonyl (C=O) groups is 1. The number of H-pyrrole nitrogens is 1. The number of nitrogens with zero attached hydrogens (tertiary/aromatic N) is 2. The summed E-state index contributed by atoms with van der Waals surface area (Å²) < 4.78 is 38.5. The molecule has 1 aromatic carbocycles. The highest BCUT2D eigenvalue weighted by molar-refractivity contribution is 5.92. The largest absolute Gasteiger partial charge is 0.432 e. The standard InChI is InChI=1S/C19H21F3N4O/c20-19(21,22)17-9-16(24-25-17)18(27)26(10-12-3-1-4-12)11-13-5-2-6-15-14(13)7-8-23-15/h2,5-6,9,12,23H,1,3-4,7-8,10-11H2,(H,24,25). The summed E-state index contributed by atoms with van der Waals surface area (Å²) in [5.41, 5.74) is 2.10. The summed E-state index contributed by atoms with van der Waals surface area (Å²) in [6, 6.07) is 6.73. The van der Waals surface area contributed by atoms with Crippen molar-refractivity contribution >= 4 is 11.6 Å². The SMILES string of the molecule is O=C(c1cc(C(F)(F)F)[nH]n1)N(Cc1cccc2c1CCN2)CC1CCC1. The van der Waals surface area contributed by atoms with Crippen LogP contribution in [0, 0.1) is 5.92 Å². The zero-order valence-electron chi connectivity index (χ0n) is 14.8. The average molecular weight is 378 g/mol. The Morgan fingerprint density at radius 3 is 2.78 bits per heavy atom. The first kappa shape index (κ1) is 17.9. The van der Waals surface area contributed by atoms with Crippen LogP contribution in [0.5, 0.6) is 0 Å². The van der Waals surface area contributed by atoms with E-state index in [1.165, 1.54) is 5.56 Å². The highest BCUT2D eigenvalue weighted by Gasteiger charge is 2.35. The summed E-state index contributed by atoms with van der Waals surface area (Å²) in [4.78, 5) is 14.6. The lowest BCUT2D eigenvalue weighted by atomic mass is 9.85. The number of anilines is 1. The molecule has 8 heteroatoms. The van der Waals surface area contributed by atoms with Crippen LogP contribution in [0.1, 0.15) is 46.6 Å². The zero-order valence-corrected chi connectivity index (χ0v) is 14.8. The molecule has 27 heavy (non-hydrogen) atoms. The van der Waals surface area contributed by atoms with Gasteiger partial charge in [-0.05, 0) is 42.4 Å². The van der Waals surface area contributed by atoms with Crippen molar-refractivity contribution in [3.8, 4) is 0 Å². The van der Waals surface area contributed by atoms with Gasteiger partial charge in [0.15, 0.2) is 5.69 Å². The van der Waals surface area contributed by atoms with Crippen molar-refractivity contribution in [2.24, 2.45) is 5.92 Å². The summed E-state index contributed by atoms with van der Waals surface area (Å²) >= 11 is 0. The number of benzene rings is 1. The normalized spacial score (nSPS) is 16.6. The molecule has 4 rings (SSSR count). The van der Waals surface area contributed by atoms with E-state index in [1.54, 1.807) is 4.90 Å². The first-order valence-electron chi connectivity index (χ1n) is 9.18. The van der Waals surface area contributed by atoms with Crippen LogP contribution in [0.2, 0.25) is 0 Å². The average Bonchev–Trinajstić information content (AvgIpc) is 3.24. The number of nitrogens with one attached hydrogen (secondary N) is 2. The molecule has 0 unspecified atom stereocenters. The van der Waals surface area contributed by atoms with Gasteiger partial charge in [-0.1, -0.05) is 18.6 Å². The van der Waals surface area contributed by atoms with Crippen molar-refractivity contribution in [3.63, 3.8) is 0 Å². The predicted octanol–water partition coefficient (Wildman–Crippen LogP) is 3.84. The van der Waals surface area contributed by atoms with Gasteiger partial charge in [-0.2, -0.15) is 18.3 Å². The number of rotatable bonds is 5. The lowest BCUT2D eigenvalue weighted by molar-refractivity contribution is -0.141. The number of hydrogen-bond acceptors (Lipinski definition) is 3. The third-order valence-corrected chi connectivity index (χ3v) is 5.42. The maximum atomic E-state index is 12.9. The van der Waals surface area contributed by atoms with Crippen LogP contribution < -0.4 is 5.32 Å². The minimum absolute atomic E-state index is 0.188. The molecule has 2 aromatic rings. The topological polar surface area (TPSA) is 61.0 Å². The molecule has 0 spiro atoms. The van der Waals surface area contributed by atoms with E-state index in [-0.39, 0.29) is 5.69 Å². The van der Waals surface area contributed by atoms with E-state index in [0.717, 1.165) is 49.5 Å². The molecule has 1 aliphatic heterocycles. The number of hydrogen-bond donors (Lipinski definition) is 2. The van der Waals surface area contributed by atoms with Crippen LogP contribution in [0.4, 0.5) is 18.9 Å². The second-order valence-electron chi connectivity index (χ2n) is 7.27. The van der Waals surface area contributed by atoms with E-state index in [4.69, 9.17) is 0 Å². The Kier molecular flexibility index (Phi) is 4.57. The van der Waals surface area contributed by atoms with Gasteiger partial charge in [0.05, 0.1) is 0 Å². The third-order valence-electron chi connectivity index (χ3n) is 5.42. The third kappa shape index (κ3) is 3.65. The number of carbonyl (C=O) groups excluding carboxylic acids is 1. The van der Waals surface area contributed by atoms with E-state index in [2.05, 4.69) is 10.4 Å². The van der Waals surface area contributed by atoms with E-state index < -0.39 is 17.8 Å². The van der Waals surface area contributed by atoms with Crippen LogP contribution in [0.25, 0.3) is 0 Å². The smallest absolute Gasteiger partial charge is 0.384 e. The minimum atomic E-state index is -4.55. The van der Waals surface area contributed by atoms with Gasteiger partial charge in [0.1, 0.15) is 5.69 Å². The molecule has 144 valence electrons. The Labute approximate surface area is 154 Å². The molecule has 0 atom stereocenters. The molecule has 0 saturated heterocycles. The maximum absolute atomic E-state index is 12.9. The van der Waals surface area contributed by atoms with Crippen molar-refractivity contribution in [2.75, 3.05) is 18.4 Å². The first-order chi connectivity index (χ1) is 12.9. The summed E-state index contributed by atoms with van der Waals surface area (Å²) in [5.74, 6) is -0.0536. The predicted molar refractivity (Wildman–Crippen MR) is 94.3 cm³/mol. The Balaban J connectivity index is 1.58. The number of aromatic nitrogens is 2. The molecular formula is C19H21F3N4O. The Morgan fingerprint density at radius 1 is 1.30 bits per heavy atom. The number of alkyl halides is 3. The molecule has 1 aliphatic carbocycles. The van der Waals surface area contributed by atoms with Crippen LogP contribution in [-0.4, -0.2) is 34.1 Å². The van der Waals surface area contributed by atoms with Crippen LogP contribution in [0.15, 0.2) is 24.3 Å². The van der Waals surface area contributed by atoms with Gasteiger partial charge in [0, 0.05) is 31.4 Å². The fourth-order valence-electron chi connectivity index (χ4n) is 3.72. The Hall–Kier alpha value is -2.51. The van der Waals surface area contributed by atoms with Gasteiger partial charge in [-0.25, -0.2) is 0 Å². The van der Waals surface area contributed by atoms with Gasteiger partial charge in [-0.15, -0.1) is 0 Å². The fourth-order valence-corrected chi connectivity index (χ4v) is 3.72. The van der Waals surface area contributed by atoms with Crippen molar-refractivity contribution in [1.29, 1.82) is 0 Å². The molecule has 1 amide bonds. The number of fused-ring (bicyclic) bond motifs is 1. The molecule has 1 saturated carbocycles. The van der Waals surface area contributed by atoms with Crippen molar-refractivity contribution < 1.29 is 18.0 Å². The highest BCUT2D eigenvalue weighted by Crippen LogP contribution is 2.31. The molecule has 0 bridgehead atoms. The zero-order chi connectivity index (χ0) is 19.0. The maximum Gasteiger partial charge on any atom is 0.432 e. The lowest BCUT2D eigenvalue weighted by Crippen LogP contribution is -2.37. The number of aromatic amines is 1. The summed E-state index contributed by atoms with van der Waals surface area (Å²) in [6.45, 7) is 1.79. The number of amides is 1. The summed E-state index contributed by atoms with van der Waals surface area (Å²) in [6.07, 6.45) is -0.426. The van der Waals surface area contributed by atoms with Crippen molar-refractivity contribution in [3.05, 3.63) is 46.8 Å². The molecule has 1 fully saturated rings. The van der Waals surface area contributed by atoms with Crippen molar-refractivity contribution in [1.82, 2.24) is 15.1 Å². The summed E-state index contributed by atoms with van der Waals surface area (Å²) in [5, 5.41) is 8.87. The molecule has 0 radical (unpaired) electrons. The molecule has 2 N–H and O–H groups in total. The molecule has 5 nitrogen and oxygen atoms in total. The second-order valence-corrected chi connectivity index (χ2v) is 7.27. The molecule has 2 heterocycles. The van der Waals surface area contributed by atoms with E-state index in [9.17, 15) is 18.0 Å². The summed E-state index contributed by atoms with van der Waals surface area (Å²) in [7, 11) is 0. The molecule has 1 aromatic heterocycles. The molecule has 2 aliphatic rings. The van der Waals surface area contributed by atoms with Gasteiger partial charge >= 0.3 is 6.18 Å². The quantitative estimate of drug-likeness (QED) is 0.831. The lowest BCUT2D eigenvalue weighted by Gasteiger charge is -2.32. The van der Waals surface area contributed by atoms with Crippen LogP contribution in [0.3, 0.4) is 0 Å². The fraction of sp³-hybridized carbons (Fsp3) is 0.474. The second kappa shape index (κ2) is 6.90. The number of halogens is 3. The van der Waals surface area contributed by atoms with Gasteiger partial charge < -0.3 is 10.2 Å². The Morgan fingerprint density at radius 2 is 2.11 bits per heavy atom. The van der Waals surface area contributed by atoms with E-state index in [0.29, 0.717) is 19.0 Å². The van der Waals surface area contributed by atoms with E-state index >= 15 is 0 Å². The first-order valence-corrected chi connectivity index (χ1v) is 9.18. The van der Waals surface area contributed by atoms with Gasteiger partial charge in [-0.3, -0.25) is 9.89 Å².